The van der Waals surface area contributed by atoms with Gasteiger partial charge in [-0.1, -0.05) is 55.8 Å². The zero-order valence-corrected chi connectivity index (χ0v) is 16.3. The highest BCUT2D eigenvalue weighted by Crippen LogP contribution is 2.32. The number of hydrogen-bond acceptors (Lipinski definition) is 3. The van der Waals surface area contributed by atoms with Crippen molar-refractivity contribution in [3.63, 3.8) is 0 Å². The van der Waals surface area contributed by atoms with E-state index in [1.54, 1.807) is 6.33 Å². The van der Waals surface area contributed by atoms with Crippen molar-refractivity contribution in [1.82, 2.24) is 15.3 Å². The first-order chi connectivity index (χ1) is 13.3. The smallest absolute Gasteiger partial charge is 0.148 e. The maximum Gasteiger partial charge on any atom is 0.148 e. The molecule has 27 heavy (non-hydrogen) atoms. The summed E-state index contributed by atoms with van der Waals surface area (Å²) in [5, 5.41) is 4.14. The molecule has 1 aliphatic carbocycles. The van der Waals surface area contributed by atoms with E-state index in [2.05, 4.69) is 27.4 Å². The number of ether oxygens (including phenoxy) is 1. The molecule has 3 aromatic rings. The van der Waals surface area contributed by atoms with Crippen molar-refractivity contribution in [3.05, 3.63) is 53.3 Å². The zero-order chi connectivity index (χ0) is 18.5. The fraction of sp³-hybridized carbons (Fsp3) is 0.409. The van der Waals surface area contributed by atoms with Crippen LogP contribution in [0.3, 0.4) is 0 Å². The maximum atomic E-state index is 6.31. The van der Waals surface area contributed by atoms with Gasteiger partial charge in [0.25, 0.3) is 0 Å². The molecule has 2 N–H and O–H groups in total. The van der Waals surface area contributed by atoms with Crippen LogP contribution in [0, 0.1) is 5.92 Å². The number of aromatic amines is 1. The van der Waals surface area contributed by atoms with Gasteiger partial charge in [0.1, 0.15) is 11.5 Å². The molecule has 1 aromatic heterocycles. The molecular formula is C22H26ClN3O. The minimum atomic E-state index is 0.570. The molecule has 2 aromatic carbocycles. The van der Waals surface area contributed by atoms with Crippen LogP contribution < -0.4 is 10.1 Å². The van der Waals surface area contributed by atoms with E-state index in [9.17, 15) is 0 Å². The fourth-order valence-electron chi connectivity index (χ4n) is 3.83. The van der Waals surface area contributed by atoms with E-state index >= 15 is 0 Å². The summed E-state index contributed by atoms with van der Waals surface area (Å²) < 4.78 is 5.94. The highest BCUT2D eigenvalue weighted by atomic mass is 35.5. The Morgan fingerprint density at radius 3 is 2.74 bits per heavy atom. The summed E-state index contributed by atoms with van der Waals surface area (Å²) >= 11 is 6.31. The van der Waals surface area contributed by atoms with E-state index in [4.69, 9.17) is 16.3 Å². The van der Waals surface area contributed by atoms with E-state index in [1.807, 2.05) is 24.3 Å². The lowest BCUT2D eigenvalue weighted by molar-refractivity contribution is 0.334. The van der Waals surface area contributed by atoms with Crippen LogP contribution in [0.1, 0.15) is 44.1 Å². The van der Waals surface area contributed by atoms with Gasteiger partial charge in [0.2, 0.25) is 0 Å². The number of halogens is 1. The van der Waals surface area contributed by atoms with Gasteiger partial charge in [-0.2, -0.15) is 0 Å². The maximum absolute atomic E-state index is 6.31. The van der Waals surface area contributed by atoms with Gasteiger partial charge in [-0.05, 0) is 42.6 Å². The van der Waals surface area contributed by atoms with Crippen LogP contribution >= 0.6 is 11.6 Å². The van der Waals surface area contributed by atoms with Crippen molar-refractivity contribution in [3.8, 4) is 11.5 Å². The molecule has 1 fully saturated rings. The van der Waals surface area contributed by atoms with Crippen molar-refractivity contribution in [2.24, 2.45) is 5.92 Å². The number of benzene rings is 2. The number of rotatable bonds is 7. The molecule has 1 aliphatic rings. The van der Waals surface area contributed by atoms with E-state index in [1.165, 1.54) is 44.1 Å². The molecule has 0 radical (unpaired) electrons. The number of nitrogens with one attached hydrogen (secondary N) is 2. The van der Waals surface area contributed by atoms with Gasteiger partial charge in [0.05, 0.1) is 22.4 Å². The zero-order valence-electron chi connectivity index (χ0n) is 15.5. The molecule has 142 valence electrons. The largest absolute Gasteiger partial charge is 0.456 e. The Kier molecular flexibility index (Phi) is 5.95. The average molecular weight is 384 g/mol. The summed E-state index contributed by atoms with van der Waals surface area (Å²) in [6, 6.07) is 11.9. The predicted octanol–water partition coefficient (Wildman–Crippen LogP) is 6.07. The van der Waals surface area contributed by atoms with Crippen molar-refractivity contribution < 1.29 is 4.74 Å². The normalized spacial score (nSPS) is 15.3. The second-order valence-corrected chi connectivity index (χ2v) is 7.83. The first-order valence-corrected chi connectivity index (χ1v) is 10.3. The Balaban J connectivity index is 1.28. The number of imidazole rings is 1. The van der Waals surface area contributed by atoms with Gasteiger partial charge in [-0.3, -0.25) is 0 Å². The average Bonchev–Trinajstić information content (AvgIpc) is 3.15. The topological polar surface area (TPSA) is 49.9 Å². The predicted molar refractivity (Wildman–Crippen MR) is 111 cm³/mol. The van der Waals surface area contributed by atoms with Crippen molar-refractivity contribution in [2.45, 2.75) is 45.1 Å². The van der Waals surface area contributed by atoms with E-state index in [-0.39, 0.29) is 0 Å². The molecule has 0 spiro atoms. The molecule has 4 nitrogen and oxygen atoms in total. The molecular weight excluding hydrogens is 358 g/mol. The molecule has 0 unspecified atom stereocenters. The summed E-state index contributed by atoms with van der Waals surface area (Å²) in [5.74, 6) is 2.32. The number of H-pyrrole nitrogens is 1. The van der Waals surface area contributed by atoms with Crippen LogP contribution in [0.15, 0.2) is 42.7 Å². The first kappa shape index (κ1) is 18.3. The number of nitrogens with zero attached hydrogens (tertiary/aromatic N) is 1. The second kappa shape index (κ2) is 8.77. The lowest BCUT2D eigenvalue weighted by Crippen LogP contribution is -2.19. The van der Waals surface area contributed by atoms with Crippen LogP contribution in [-0.2, 0) is 6.54 Å². The van der Waals surface area contributed by atoms with Gasteiger partial charge < -0.3 is 15.0 Å². The van der Waals surface area contributed by atoms with Crippen molar-refractivity contribution >= 4 is 22.6 Å². The SMILES string of the molecule is Clc1cc2[nH]cnc2cc1Oc1ccc(CNCCC2CCCCC2)cc1. The van der Waals surface area contributed by atoms with Crippen molar-refractivity contribution in [1.29, 1.82) is 0 Å². The summed E-state index contributed by atoms with van der Waals surface area (Å²) in [4.78, 5) is 7.30. The minimum absolute atomic E-state index is 0.570. The summed E-state index contributed by atoms with van der Waals surface area (Å²) in [6.45, 7) is 2.00. The van der Waals surface area contributed by atoms with Gasteiger partial charge in [-0.15, -0.1) is 0 Å². The highest BCUT2D eigenvalue weighted by Gasteiger charge is 2.12. The molecule has 1 heterocycles. The van der Waals surface area contributed by atoms with Crippen LogP contribution in [0.2, 0.25) is 5.02 Å². The molecule has 0 bridgehead atoms. The van der Waals surface area contributed by atoms with Gasteiger partial charge in [0, 0.05) is 12.6 Å². The minimum Gasteiger partial charge on any atom is -0.456 e. The quantitative estimate of drug-likeness (QED) is 0.487. The lowest BCUT2D eigenvalue weighted by atomic mass is 9.87. The number of aromatic nitrogens is 2. The second-order valence-electron chi connectivity index (χ2n) is 7.42. The van der Waals surface area contributed by atoms with E-state index in [0.717, 1.165) is 35.8 Å². The molecule has 4 rings (SSSR count). The highest BCUT2D eigenvalue weighted by molar-refractivity contribution is 6.32. The Bertz CT molecular complexity index is 869. The molecule has 5 heteroatoms. The summed E-state index contributed by atoms with van der Waals surface area (Å²) in [7, 11) is 0. The third kappa shape index (κ3) is 4.82. The van der Waals surface area contributed by atoms with E-state index < -0.39 is 0 Å². The Morgan fingerprint density at radius 2 is 1.93 bits per heavy atom. The lowest BCUT2D eigenvalue weighted by Gasteiger charge is -2.21. The number of fused-ring (bicyclic) bond motifs is 1. The first-order valence-electron chi connectivity index (χ1n) is 9.88. The Labute approximate surface area is 165 Å². The summed E-state index contributed by atoms with van der Waals surface area (Å²) in [5.41, 5.74) is 3.01. The summed E-state index contributed by atoms with van der Waals surface area (Å²) in [6.07, 6.45) is 10.1. The van der Waals surface area contributed by atoms with Crippen molar-refractivity contribution in [2.75, 3.05) is 6.54 Å². The Morgan fingerprint density at radius 1 is 1.11 bits per heavy atom. The van der Waals surface area contributed by atoms with E-state index in [0.29, 0.717) is 10.8 Å². The number of hydrogen-bond donors (Lipinski definition) is 2. The Hall–Kier alpha value is -2.04. The third-order valence-corrected chi connectivity index (χ3v) is 5.70. The molecule has 0 amide bonds. The van der Waals surface area contributed by atoms with Gasteiger partial charge in [-0.25, -0.2) is 4.98 Å². The van der Waals surface area contributed by atoms with Gasteiger partial charge >= 0.3 is 0 Å². The third-order valence-electron chi connectivity index (χ3n) is 5.41. The van der Waals surface area contributed by atoms with Crippen LogP contribution in [0.4, 0.5) is 0 Å². The molecule has 0 atom stereocenters. The van der Waals surface area contributed by atoms with Crippen LogP contribution in [-0.4, -0.2) is 16.5 Å². The molecule has 1 saturated carbocycles. The van der Waals surface area contributed by atoms with Crippen LogP contribution in [0.25, 0.3) is 11.0 Å². The monoisotopic (exact) mass is 383 g/mol. The fourth-order valence-corrected chi connectivity index (χ4v) is 4.03. The molecule has 0 saturated heterocycles. The standard InChI is InChI=1S/C22H26ClN3O/c23-19-12-20-21(26-15-25-20)13-22(19)27-18-8-6-17(7-9-18)14-24-11-10-16-4-2-1-3-5-16/h6-9,12-13,15-16,24H,1-5,10-11,14H2,(H,25,26). The molecule has 0 aliphatic heterocycles. The van der Waals surface area contributed by atoms with Crippen LogP contribution in [0.5, 0.6) is 11.5 Å². The van der Waals surface area contributed by atoms with Gasteiger partial charge in [0.15, 0.2) is 0 Å².